The van der Waals surface area contributed by atoms with Crippen LogP contribution in [0.25, 0.3) is 0 Å². The number of benzene rings is 1. The number of thiophene rings is 1. The number of carboxylic acid groups (broad SMARTS) is 1. The number of carbonyl (C=O) groups is 1. The molecule has 0 bridgehead atoms. The predicted molar refractivity (Wildman–Crippen MR) is 89.9 cm³/mol. The summed E-state index contributed by atoms with van der Waals surface area (Å²) >= 11 is 1.25. The van der Waals surface area contributed by atoms with E-state index in [0.29, 0.717) is 12.0 Å². The molecule has 122 valence electrons. The maximum absolute atomic E-state index is 12.6. The van der Waals surface area contributed by atoms with Crippen LogP contribution in [0.15, 0.2) is 29.2 Å². The standard InChI is InChI=1S/C16H17NO4S2/c1-10-6-2-5-9-13(10)23(20,21)17-15-14(16(18)19)11-7-3-4-8-12(11)22-15/h2,5-6,9,17H,3-4,7-8H2,1H3,(H,18,19). The average Bonchev–Trinajstić information content (AvgIpc) is 2.84. The molecule has 7 heteroatoms. The minimum atomic E-state index is -3.80. The quantitative estimate of drug-likeness (QED) is 0.884. The second-order valence-electron chi connectivity index (χ2n) is 5.59. The maximum Gasteiger partial charge on any atom is 0.339 e. The molecule has 0 atom stereocenters. The Balaban J connectivity index is 2.05. The van der Waals surface area contributed by atoms with Gasteiger partial charge < -0.3 is 5.11 Å². The number of hydrogen-bond donors (Lipinski definition) is 2. The number of fused-ring (bicyclic) bond motifs is 1. The number of anilines is 1. The predicted octanol–water partition coefficient (Wildman–Crippen LogP) is 3.43. The molecule has 0 unspecified atom stereocenters. The van der Waals surface area contributed by atoms with Crippen LogP contribution in [0.3, 0.4) is 0 Å². The number of hydrogen-bond acceptors (Lipinski definition) is 4. The third-order valence-electron chi connectivity index (χ3n) is 4.00. The van der Waals surface area contributed by atoms with Gasteiger partial charge in [-0.15, -0.1) is 11.3 Å². The first-order valence-electron chi connectivity index (χ1n) is 7.36. The van der Waals surface area contributed by atoms with Gasteiger partial charge in [-0.1, -0.05) is 18.2 Å². The molecule has 0 aliphatic heterocycles. The summed E-state index contributed by atoms with van der Waals surface area (Å²) in [5.74, 6) is -1.08. The molecule has 0 saturated heterocycles. The van der Waals surface area contributed by atoms with Crippen LogP contribution in [-0.4, -0.2) is 19.5 Å². The van der Waals surface area contributed by atoms with Gasteiger partial charge in [0, 0.05) is 4.88 Å². The van der Waals surface area contributed by atoms with Crippen molar-refractivity contribution in [3.63, 3.8) is 0 Å². The summed E-state index contributed by atoms with van der Waals surface area (Å²) in [5, 5.41) is 9.72. The molecule has 1 aliphatic carbocycles. The minimum Gasteiger partial charge on any atom is -0.478 e. The molecule has 23 heavy (non-hydrogen) atoms. The van der Waals surface area contributed by atoms with E-state index in [9.17, 15) is 18.3 Å². The van der Waals surface area contributed by atoms with Gasteiger partial charge in [-0.25, -0.2) is 13.2 Å². The van der Waals surface area contributed by atoms with Crippen LogP contribution in [0.4, 0.5) is 5.00 Å². The van der Waals surface area contributed by atoms with E-state index >= 15 is 0 Å². The van der Waals surface area contributed by atoms with Crippen molar-refractivity contribution in [2.45, 2.75) is 37.5 Å². The lowest BCUT2D eigenvalue weighted by Gasteiger charge is -2.11. The van der Waals surface area contributed by atoms with E-state index in [2.05, 4.69) is 4.72 Å². The second kappa shape index (κ2) is 5.98. The Kier molecular flexibility index (Phi) is 4.16. The Bertz CT molecular complexity index is 868. The number of aryl methyl sites for hydroxylation is 2. The number of aromatic carboxylic acids is 1. The van der Waals surface area contributed by atoms with E-state index in [1.54, 1.807) is 25.1 Å². The smallest absolute Gasteiger partial charge is 0.339 e. The Morgan fingerprint density at radius 3 is 2.61 bits per heavy atom. The fourth-order valence-electron chi connectivity index (χ4n) is 2.90. The summed E-state index contributed by atoms with van der Waals surface area (Å²) in [7, 11) is -3.80. The maximum atomic E-state index is 12.6. The first kappa shape index (κ1) is 16.0. The molecule has 1 aliphatic rings. The minimum absolute atomic E-state index is 0.113. The van der Waals surface area contributed by atoms with Crippen molar-refractivity contribution in [1.82, 2.24) is 0 Å². The first-order valence-corrected chi connectivity index (χ1v) is 9.66. The summed E-state index contributed by atoms with van der Waals surface area (Å²) in [6, 6.07) is 6.65. The van der Waals surface area contributed by atoms with E-state index in [4.69, 9.17) is 0 Å². The zero-order valence-electron chi connectivity index (χ0n) is 12.6. The zero-order valence-corrected chi connectivity index (χ0v) is 14.3. The first-order chi connectivity index (χ1) is 10.9. The van der Waals surface area contributed by atoms with Gasteiger partial charge in [-0.2, -0.15) is 0 Å². The van der Waals surface area contributed by atoms with Crippen LogP contribution in [0.2, 0.25) is 0 Å². The summed E-state index contributed by atoms with van der Waals surface area (Å²) in [5.41, 5.74) is 1.52. The second-order valence-corrected chi connectivity index (χ2v) is 8.35. The normalized spacial score (nSPS) is 14.3. The molecule has 0 amide bonds. The van der Waals surface area contributed by atoms with Crippen molar-refractivity contribution in [1.29, 1.82) is 0 Å². The van der Waals surface area contributed by atoms with E-state index in [1.807, 2.05) is 0 Å². The van der Waals surface area contributed by atoms with E-state index in [1.165, 1.54) is 17.4 Å². The van der Waals surface area contributed by atoms with Crippen molar-refractivity contribution in [3.8, 4) is 0 Å². The van der Waals surface area contributed by atoms with Crippen LogP contribution < -0.4 is 4.72 Å². The van der Waals surface area contributed by atoms with Gasteiger partial charge in [-0.05, 0) is 49.8 Å². The highest BCUT2D eigenvalue weighted by Gasteiger charge is 2.28. The van der Waals surface area contributed by atoms with Gasteiger partial charge in [-0.3, -0.25) is 4.72 Å². The van der Waals surface area contributed by atoms with Crippen LogP contribution in [-0.2, 0) is 22.9 Å². The third-order valence-corrected chi connectivity index (χ3v) is 6.84. The molecule has 2 aromatic rings. The molecule has 0 saturated carbocycles. The molecule has 2 N–H and O–H groups in total. The van der Waals surface area contributed by atoms with Crippen LogP contribution >= 0.6 is 11.3 Å². The molecular formula is C16H17NO4S2. The molecular weight excluding hydrogens is 334 g/mol. The molecule has 1 aromatic heterocycles. The largest absolute Gasteiger partial charge is 0.478 e. The monoisotopic (exact) mass is 351 g/mol. The van der Waals surface area contributed by atoms with E-state index in [0.717, 1.165) is 29.7 Å². The highest BCUT2D eigenvalue weighted by atomic mass is 32.2. The molecule has 5 nitrogen and oxygen atoms in total. The Morgan fingerprint density at radius 2 is 1.91 bits per heavy atom. The summed E-state index contributed by atoms with van der Waals surface area (Å²) in [6.07, 6.45) is 3.45. The molecule has 0 radical (unpaired) electrons. The fraction of sp³-hybridized carbons (Fsp3) is 0.312. The Hall–Kier alpha value is -1.86. The van der Waals surface area contributed by atoms with Crippen molar-refractivity contribution in [3.05, 3.63) is 45.8 Å². The number of carboxylic acids is 1. The molecule has 0 fully saturated rings. The van der Waals surface area contributed by atoms with Gasteiger partial charge in [0.15, 0.2) is 0 Å². The number of nitrogens with one attached hydrogen (secondary N) is 1. The lowest BCUT2D eigenvalue weighted by molar-refractivity contribution is 0.0697. The summed E-state index contributed by atoms with van der Waals surface area (Å²) < 4.78 is 27.7. The summed E-state index contributed by atoms with van der Waals surface area (Å²) in [6.45, 7) is 1.71. The topological polar surface area (TPSA) is 83.5 Å². The van der Waals surface area contributed by atoms with E-state index < -0.39 is 16.0 Å². The van der Waals surface area contributed by atoms with Gasteiger partial charge in [0.1, 0.15) is 5.00 Å². The lowest BCUT2D eigenvalue weighted by atomic mass is 9.96. The van der Waals surface area contributed by atoms with Crippen LogP contribution in [0.5, 0.6) is 0 Å². The number of rotatable bonds is 4. The fourth-order valence-corrected chi connectivity index (χ4v) is 5.73. The van der Waals surface area contributed by atoms with Crippen molar-refractivity contribution < 1.29 is 18.3 Å². The third kappa shape index (κ3) is 2.98. The van der Waals surface area contributed by atoms with Crippen molar-refractivity contribution in [2.75, 3.05) is 4.72 Å². The average molecular weight is 351 g/mol. The van der Waals surface area contributed by atoms with Crippen LogP contribution in [0, 0.1) is 6.92 Å². The summed E-state index contributed by atoms with van der Waals surface area (Å²) in [4.78, 5) is 12.8. The highest BCUT2D eigenvalue weighted by Crippen LogP contribution is 2.39. The zero-order chi connectivity index (χ0) is 16.6. The van der Waals surface area contributed by atoms with Gasteiger partial charge in [0.2, 0.25) is 0 Å². The Labute approximate surface area is 139 Å². The molecule has 1 heterocycles. The number of sulfonamides is 1. The van der Waals surface area contributed by atoms with Crippen LogP contribution in [0.1, 0.15) is 39.2 Å². The molecule has 0 spiro atoms. The van der Waals surface area contributed by atoms with E-state index in [-0.39, 0.29) is 15.5 Å². The van der Waals surface area contributed by atoms with Gasteiger partial charge >= 0.3 is 5.97 Å². The Morgan fingerprint density at radius 1 is 1.22 bits per heavy atom. The highest BCUT2D eigenvalue weighted by molar-refractivity contribution is 7.93. The molecule has 1 aromatic carbocycles. The van der Waals surface area contributed by atoms with Crippen molar-refractivity contribution in [2.24, 2.45) is 0 Å². The molecule has 3 rings (SSSR count). The van der Waals surface area contributed by atoms with Crippen molar-refractivity contribution >= 4 is 32.3 Å². The SMILES string of the molecule is Cc1ccccc1S(=O)(=O)Nc1sc2c(c1C(=O)O)CCCC2. The van der Waals surface area contributed by atoms with Gasteiger partial charge in [0.25, 0.3) is 10.0 Å². The lowest BCUT2D eigenvalue weighted by Crippen LogP contribution is -2.15. The van der Waals surface area contributed by atoms with Gasteiger partial charge in [0.05, 0.1) is 10.5 Å².